The second kappa shape index (κ2) is 7.42. The number of hydrogen-bond donors (Lipinski definition) is 1. The van der Waals surface area contributed by atoms with Gasteiger partial charge >= 0.3 is 0 Å². The van der Waals surface area contributed by atoms with Crippen LogP contribution in [0.5, 0.6) is 5.75 Å². The first-order valence-electron chi connectivity index (χ1n) is 9.27. The van der Waals surface area contributed by atoms with Crippen molar-refractivity contribution in [2.75, 3.05) is 20.2 Å². The van der Waals surface area contributed by atoms with E-state index in [0.29, 0.717) is 43.0 Å². The quantitative estimate of drug-likeness (QED) is 0.748. The zero-order valence-electron chi connectivity index (χ0n) is 15.9. The highest BCUT2D eigenvalue weighted by Crippen LogP contribution is 2.29. The van der Waals surface area contributed by atoms with Crippen LogP contribution in [-0.2, 0) is 0 Å². The van der Waals surface area contributed by atoms with Crippen LogP contribution in [-0.4, -0.2) is 43.0 Å². The average molecular weight is 382 g/mol. The van der Waals surface area contributed by atoms with Crippen LogP contribution in [0.15, 0.2) is 45.4 Å². The van der Waals surface area contributed by atoms with Crippen molar-refractivity contribution in [1.29, 1.82) is 0 Å². The molecule has 28 heavy (non-hydrogen) atoms. The second-order valence-corrected chi connectivity index (χ2v) is 6.94. The van der Waals surface area contributed by atoms with Gasteiger partial charge in [-0.25, -0.2) is 0 Å². The predicted octanol–water partition coefficient (Wildman–Crippen LogP) is 3.38. The van der Waals surface area contributed by atoms with Crippen LogP contribution in [0.3, 0.4) is 0 Å². The zero-order chi connectivity index (χ0) is 19.7. The van der Waals surface area contributed by atoms with Gasteiger partial charge in [-0.3, -0.25) is 9.59 Å². The van der Waals surface area contributed by atoms with Crippen LogP contribution in [0.4, 0.5) is 0 Å². The van der Waals surface area contributed by atoms with Crippen molar-refractivity contribution in [3.63, 3.8) is 0 Å². The molecule has 0 spiro atoms. The molecule has 7 nitrogen and oxygen atoms in total. The first-order valence-corrected chi connectivity index (χ1v) is 9.27. The van der Waals surface area contributed by atoms with Crippen molar-refractivity contribution in [2.45, 2.75) is 25.8 Å². The Kier molecular flexibility index (Phi) is 4.81. The Labute approximate surface area is 162 Å². The molecule has 1 aromatic carbocycles. The number of piperidine rings is 1. The van der Waals surface area contributed by atoms with Crippen molar-refractivity contribution in [3.8, 4) is 5.75 Å². The Hall–Kier alpha value is -3.22. The number of amides is 2. The van der Waals surface area contributed by atoms with Gasteiger partial charge in [-0.05, 0) is 50.1 Å². The maximum absolute atomic E-state index is 12.7. The second-order valence-electron chi connectivity index (χ2n) is 6.94. The molecule has 0 radical (unpaired) electrons. The molecule has 2 aromatic heterocycles. The van der Waals surface area contributed by atoms with E-state index in [-0.39, 0.29) is 17.9 Å². The summed E-state index contributed by atoms with van der Waals surface area (Å²) in [4.78, 5) is 26.8. The topological polar surface area (TPSA) is 84.9 Å². The van der Waals surface area contributed by atoms with E-state index in [1.165, 1.54) is 6.26 Å². The fourth-order valence-corrected chi connectivity index (χ4v) is 3.58. The number of aryl methyl sites for hydroxylation is 1. The van der Waals surface area contributed by atoms with Gasteiger partial charge in [-0.2, -0.15) is 0 Å². The monoisotopic (exact) mass is 382 g/mol. The molecule has 0 aliphatic carbocycles. The number of carbonyl (C=O) groups excluding carboxylic acids is 2. The Morgan fingerprint density at radius 3 is 2.68 bits per heavy atom. The molecule has 1 aliphatic heterocycles. The summed E-state index contributed by atoms with van der Waals surface area (Å²) in [6, 6.07) is 8.83. The molecule has 4 rings (SSSR count). The first-order chi connectivity index (χ1) is 13.6. The van der Waals surface area contributed by atoms with E-state index >= 15 is 0 Å². The molecule has 0 atom stereocenters. The Balaban J connectivity index is 1.40. The SMILES string of the molecule is COc1ccc2oc(C(=O)NC3CCN(C(=O)c4ccco4)CC3)c(C)c2c1. The number of carbonyl (C=O) groups is 2. The van der Waals surface area contributed by atoms with Gasteiger partial charge in [0.25, 0.3) is 11.8 Å². The van der Waals surface area contributed by atoms with E-state index in [4.69, 9.17) is 13.6 Å². The number of nitrogens with one attached hydrogen (secondary N) is 1. The number of methoxy groups -OCH3 is 1. The third-order valence-corrected chi connectivity index (χ3v) is 5.20. The summed E-state index contributed by atoms with van der Waals surface area (Å²) in [6.45, 7) is 3.01. The van der Waals surface area contributed by atoms with E-state index in [0.717, 1.165) is 16.7 Å². The number of likely N-dealkylation sites (tertiary alicyclic amines) is 1. The molecule has 0 bridgehead atoms. The maximum Gasteiger partial charge on any atom is 0.289 e. The lowest BCUT2D eigenvalue weighted by Gasteiger charge is -2.31. The molecule has 146 valence electrons. The smallest absolute Gasteiger partial charge is 0.289 e. The summed E-state index contributed by atoms with van der Waals surface area (Å²) in [7, 11) is 1.60. The van der Waals surface area contributed by atoms with Crippen LogP contribution in [0.2, 0.25) is 0 Å². The summed E-state index contributed by atoms with van der Waals surface area (Å²) in [6.07, 6.45) is 2.86. The Morgan fingerprint density at radius 2 is 2.00 bits per heavy atom. The minimum atomic E-state index is -0.233. The molecule has 7 heteroatoms. The van der Waals surface area contributed by atoms with Crippen LogP contribution in [0, 0.1) is 6.92 Å². The highest BCUT2D eigenvalue weighted by molar-refractivity contribution is 5.99. The van der Waals surface area contributed by atoms with E-state index in [2.05, 4.69) is 5.32 Å². The van der Waals surface area contributed by atoms with E-state index in [1.54, 1.807) is 36.3 Å². The fraction of sp³-hybridized carbons (Fsp3) is 0.333. The first kappa shape index (κ1) is 18.2. The summed E-state index contributed by atoms with van der Waals surface area (Å²) in [5.74, 6) is 1.03. The number of rotatable bonds is 4. The third kappa shape index (κ3) is 3.35. The third-order valence-electron chi connectivity index (χ3n) is 5.20. The standard InChI is InChI=1S/C21H22N2O5/c1-13-16-12-15(26-2)5-6-17(16)28-19(13)20(24)22-14-7-9-23(10-8-14)21(25)18-4-3-11-27-18/h3-6,11-12,14H,7-10H2,1-2H3,(H,22,24). The van der Waals surface area contributed by atoms with E-state index in [9.17, 15) is 9.59 Å². The molecule has 2 amide bonds. The average Bonchev–Trinajstić information content (AvgIpc) is 3.36. The molecular weight excluding hydrogens is 360 g/mol. The molecule has 1 saturated heterocycles. The van der Waals surface area contributed by atoms with Crippen LogP contribution >= 0.6 is 0 Å². The van der Waals surface area contributed by atoms with Gasteiger partial charge in [0, 0.05) is 30.1 Å². The highest BCUT2D eigenvalue weighted by atomic mass is 16.5. The van der Waals surface area contributed by atoms with Gasteiger partial charge in [0.05, 0.1) is 13.4 Å². The lowest BCUT2D eigenvalue weighted by atomic mass is 10.0. The van der Waals surface area contributed by atoms with E-state index in [1.807, 2.05) is 13.0 Å². The van der Waals surface area contributed by atoms with Crippen molar-refractivity contribution in [3.05, 3.63) is 53.7 Å². The summed E-state index contributed by atoms with van der Waals surface area (Å²) in [5.41, 5.74) is 1.44. The van der Waals surface area contributed by atoms with Crippen LogP contribution < -0.4 is 10.1 Å². The van der Waals surface area contributed by atoms with Gasteiger partial charge in [0.15, 0.2) is 11.5 Å². The number of ether oxygens (including phenoxy) is 1. The van der Waals surface area contributed by atoms with Crippen LogP contribution in [0.25, 0.3) is 11.0 Å². The molecule has 1 N–H and O–H groups in total. The van der Waals surface area contributed by atoms with Crippen molar-refractivity contribution >= 4 is 22.8 Å². The van der Waals surface area contributed by atoms with E-state index < -0.39 is 0 Å². The van der Waals surface area contributed by atoms with Crippen molar-refractivity contribution in [2.24, 2.45) is 0 Å². The molecule has 3 heterocycles. The van der Waals surface area contributed by atoms with Gasteiger partial charge in [0.1, 0.15) is 11.3 Å². The minimum absolute atomic E-state index is 0.00435. The molecular formula is C21H22N2O5. The Morgan fingerprint density at radius 1 is 1.21 bits per heavy atom. The largest absolute Gasteiger partial charge is 0.497 e. The molecule has 0 unspecified atom stereocenters. The highest BCUT2D eigenvalue weighted by Gasteiger charge is 2.27. The van der Waals surface area contributed by atoms with Crippen molar-refractivity contribution < 1.29 is 23.2 Å². The minimum Gasteiger partial charge on any atom is -0.497 e. The van der Waals surface area contributed by atoms with Crippen LogP contribution in [0.1, 0.15) is 39.5 Å². The molecule has 1 fully saturated rings. The normalized spacial score (nSPS) is 15.0. The zero-order valence-corrected chi connectivity index (χ0v) is 15.9. The predicted molar refractivity (Wildman–Crippen MR) is 103 cm³/mol. The van der Waals surface area contributed by atoms with Crippen molar-refractivity contribution in [1.82, 2.24) is 10.2 Å². The van der Waals surface area contributed by atoms with Gasteiger partial charge in [-0.15, -0.1) is 0 Å². The Bertz CT molecular complexity index is 997. The number of hydrogen-bond acceptors (Lipinski definition) is 5. The number of furan rings is 2. The lowest BCUT2D eigenvalue weighted by molar-refractivity contribution is 0.0665. The summed E-state index contributed by atoms with van der Waals surface area (Å²) in [5, 5.41) is 3.90. The fourth-order valence-electron chi connectivity index (χ4n) is 3.58. The van der Waals surface area contributed by atoms with Gasteiger partial charge in [-0.1, -0.05) is 0 Å². The summed E-state index contributed by atoms with van der Waals surface area (Å²) < 4.78 is 16.2. The van der Waals surface area contributed by atoms with Gasteiger partial charge in [0.2, 0.25) is 0 Å². The maximum atomic E-state index is 12.7. The number of benzene rings is 1. The number of fused-ring (bicyclic) bond motifs is 1. The van der Waals surface area contributed by atoms with Gasteiger partial charge < -0.3 is 23.8 Å². The molecule has 1 aliphatic rings. The molecule has 0 saturated carbocycles. The number of nitrogens with zero attached hydrogens (tertiary/aromatic N) is 1. The lowest BCUT2D eigenvalue weighted by Crippen LogP contribution is -2.46. The molecule has 3 aromatic rings. The summed E-state index contributed by atoms with van der Waals surface area (Å²) >= 11 is 0.